The fourth-order valence-electron chi connectivity index (χ4n) is 4.29. The second kappa shape index (κ2) is 9.81. The number of aromatic nitrogens is 3. The molecule has 0 bridgehead atoms. The first-order chi connectivity index (χ1) is 19.5. The van der Waals surface area contributed by atoms with Crippen molar-refractivity contribution in [1.29, 1.82) is 0 Å². The van der Waals surface area contributed by atoms with Crippen LogP contribution >= 0.6 is 11.3 Å². The highest BCUT2D eigenvalue weighted by molar-refractivity contribution is 7.21. The molecular weight excluding hydrogens is 571 g/mol. The predicted molar refractivity (Wildman–Crippen MR) is 139 cm³/mol. The molecule has 0 saturated carbocycles. The molecule has 0 saturated heterocycles. The number of halogens is 7. The maximum Gasteiger partial charge on any atom is 0.462 e. The standard InChI is InChI=1S/C29H14F7N3OS/c1-13-2-4-18-15(6-13)7-19(30)24(25(18)33)14-3-5-22-23(8-14)41-27(39-22)16-11-37-28(38-12-16)29(35,36)40-17-9-20(31)26(34)21(32)10-17/h2-12H,1H3. The van der Waals surface area contributed by atoms with E-state index in [0.29, 0.717) is 26.2 Å². The highest BCUT2D eigenvalue weighted by Gasteiger charge is 2.39. The lowest BCUT2D eigenvalue weighted by Crippen LogP contribution is -2.25. The minimum Gasteiger partial charge on any atom is -0.426 e. The van der Waals surface area contributed by atoms with Crippen molar-refractivity contribution < 1.29 is 35.5 Å². The van der Waals surface area contributed by atoms with Crippen molar-refractivity contribution in [2.45, 2.75) is 13.0 Å². The van der Waals surface area contributed by atoms with Crippen LogP contribution in [0.15, 0.2) is 67.0 Å². The number of alkyl halides is 2. The normalized spacial score (nSPS) is 11.9. The van der Waals surface area contributed by atoms with Crippen LogP contribution in [0.3, 0.4) is 0 Å². The van der Waals surface area contributed by atoms with Gasteiger partial charge < -0.3 is 4.74 Å². The molecule has 2 aromatic heterocycles. The summed E-state index contributed by atoms with van der Waals surface area (Å²) in [5.74, 6) is -8.72. The Kier molecular flexibility index (Phi) is 6.37. The van der Waals surface area contributed by atoms with Gasteiger partial charge in [-0.15, -0.1) is 11.3 Å². The monoisotopic (exact) mass is 585 g/mol. The van der Waals surface area contributed by atoms with Gasteiger partial charge in [0, 0.05) is 35.5 Å². The van der Waals surface area contributed by atoms with Crippen molar-refractivity contribution in [2.24, 2.45) is 0 Å². The molecule has 0 aliphatic heterocycles. The number of nitrogens with zero attached hydrogens (tertiary/aromatic N) is 3. The number of hydrogen-bond donors (Lipinski definition) is 0. The van der Waals surface area contributed by atoms with E-state index in [1.54, 1.807) is 30.3 Å². The number of hydrogen-bond acceptors (Lipinski definition) is 5. The molecular formula is C29H14F7N3OS. The first kappa shape index (κ1) is 26.6. The topological polar surface area (TPSA) is 47.9 Å². The zero-order valence-corrected chi connectivity index (χ0v) is 21.5. The Balaban J connectivity index is 1.30. The van der Waals surface area contributed by atoms with Crippen molar-refractivity contribution in [3.05, 3.63) is 107 Å². The van der Waals surface area contributed by atoms with Crippen LogP contribution in [0.4, 0.5) is 30.7 Å². The molecule has 4 aromatic carbocycles. The number of fused-ring (bicyclic) bond motifs is 2. The lowest BCUT2D eigenvalue weighted by Gasteiger charge is -2.16. The summed E-state index contributed by atoms with van der Waals surface area (Å²) in [5.41, 5.74) is 1.72. The molecule has 6 rings (SSSR count). The van der Waals surface area contributed by atoms with Crippen molar-refractivity contribution in [3.63, 3.8) is 0 Å². The van der Waals surface area contributed by atoms with Gasteiger partial charge in [0.05, 0.1) is 15.8 Å². The molecule has 206 valence electrons. The summed E-state index contributed by atoms with van der Waals surface area (Å²) in [6.07, 6.45) is -2.10. The van der Waals surface area contributed by atoms with Gasteiger partial charge in [-0.25, -0.2) is 36.9 Å². The van der Waals surface area contributed by atoms with Crippen molar-refractivity contribution >= 4 is 32.3 Å². The maximum atomic E-state index is 15.4. The van der Waals surface area contributed by atoms with Crippen LogP contribution in [0, 0.1) is 36.0 Å². The molecule has 41 heavy (non-hydrogen) atoms. The van der Waals surface area contributed by atoms with Gasteiger partial charge in [-0.05, 0) is 36.1 Å². The second-order valence-electron chi connectivity index (χ2n) is 9.09. The van der Waals surface area contributed by atoms with Gasteiger partial charge in [-0.1, -0.05) is 29.8 Å². The molecule has 0 N–H and O–H groups in total. The van der Waals surface area contributed by atoms with Crippen molar-refractivity contribution in [2.75, 3.05) is 0 Å². The summed E-state index contributed by atoms with van der Waals surface area (Å²) < 4.78 is 104. The van der Waals surface area contributed by atoms with Crippen molar-refractivity contribution in [3.8, 4) is 27.4 Å². The minimum absolute atomic E-state index is 0.186. The third kappa shape index (κ3) is 4.84. The van der Waals surface area contributed by atoms with E-state index in [1.165, 1.54) is 12.1 Å². The maximum absolute atomic E-state index is 15.4. The lowest BCUT2D eigenvalue weighted by atomic mass is 9.98. The van der Waals surface area contributed by atoms with Gasteiger partial charge in [-0.3, -0.25) is 0 Å². The Morgan fingerprint density at radius 3 is 2.17 bits per heavy atom. The van der Waals surface area contributed by atoms with Crippen LogP contribution in [0.25, 0.3) is 42.7 Å². The molecule has 2 heterocycles. The zero-order valence-electron chi connectivity index (χ0n) is 20.7. The smallest absolute Gasteiger partial charge is 0.426 e. The van der Waals surface area contributed by atoms with Crippen LogP contribution in [0.1, 0.15) is 11.4 Å². The van der Waals surface area contributed by atoms with E-state index >= 15 is 8.78 Å². The third-order valence-corrected chi connectivity index (χ3v) is 7.29. The first-order valence-corrected chi connectivity index (χ1v) is 12.7. The highest BCUT2D eigenvalue weighted by atomic mass is 32.1. The van der Waals surface area contributed by atoms with Gasteiger partial charge in [-0.2, -0.15) is 8.78 Å². The highest BCUT2D eigenvalue weighted by Crippen LogP contribution is 2.37. The number of rotatable bonds is 5. The van der Waals surface area contributed by atoms with Gasteiger partial charge in [0.25, 0.3) is 0 Å². The number of aryl methyl sites for hydroxylation is 1. The van der Waals surface area contributed by atoms with Crippen LogP contribution in [0.2, 0.25) is 0 Å². The molecule has 0 aliphatic carbocycles. The second-order valence-corrected chi connectivity index (χ2v) is 10.1. The zero-order chi connectivity index (χ0) is 29.1. The Morgan fingerprint density at radius 1 is 0.756 bits per heavy atom. The number of thiazole rings is 1. The average Bonchev–Trinajstić information content (AvgIpc) is 3.35. The Morgan fingerprint density at radius 2 is 1.46 bits per heavy atom. The minimum atomic E-state index is -4.20. The van der Waals surface area contributed by atoms with Crippen LogP contribution in [-0.4, -0.2) is 15.0 Å². The number of ether oxygens (including phenoxy) is 1. The molecule has 0 amide bonds. The fourth-order valence-corrected chi connectivity index (χ4v) is 5.27. The number of benzene rings is 4. The van der Waals surface area contributed by atoms with Crippen LogP contribution in [-0.2, 0) is 6.11 Å². The summed E-state index contributed by atoms with van der Waals surface area (Å²) in [5, 5.41) is 1.07. The molecule has 0 aliphatic rings. The Bertz CT molecular complexity index is 1950. The van der Waals surface area contributed by atoms with E-state index in [-0.39, 0.29) is 28.6 Å². The third-order valence-electron chi connectivity index (χ3n) is 6.22. The molecule has 0 spiro atoms. The molecule has 0 fully saturated rings. The lowest BCUT2D eigenvalue weighted by molar-refractivity contribution is -0.192. The van der Waals surface area contributed by atoms with Gasteiger partial charge in [0.15, 0.2) is 17.5 Å². The van der Waals surface area contributed by atoms with Crippen LogP contribution < -0.4 is 4.74 Å². The SMILES string of the molecule is Cc1ccc2c(F)c(-c3ccc4nc(-c5cnc(C(F)(F)Oc6cc(F)c(F)c(F)c6)nc5)sc4c3)c(F)cc2c1. The van der Waals surface area contributed by atoms with Gasteiger partial charge in [0.2, 0.25) is 5.82 Å². The molecule has 6 aromatic rings. The summed E-state index contributed by atoms with van der Waals surface area (Å²) in [6, 6.07) is 11.6. The quantitative estimate of drug-likeness (QED) is 0.150. The van der Waals surface area contributed by atoms with E-state index in [9.17, 15) is 22.0 Å². The van der Waals surface area contributed by atoms with E-state index in [0.717, 1.165) is 29.3 Å². The molecule has 0 radical (unpaired) electrons. The summed E-state index contributed by atoms with van der Waals surface area (Å²) in [4.78, 5) is 11.6. The van der Waals surface area contributed by atoms with E-state index in [4.69, 9.17) is 0 Å². The van der Waals surface area contributed by atoms with E-state index in [2.05, 4.69) is 19.7 Å². The average molecular weight is 586 g/mol. The predicted octanol–water partition coefficient (Wildman–Crippen LogP) is 8.71. The van der Waals surface area contributed by atoms with Gasteiger partial charge in [0.1, 0.15) is 22.4 Å². The largest absolute Gasteiger partial charge is 0.462 e. The Hall–Kier alpha value is -4.58. The molecule has 0 unspecified atom stereocenters. The summed E-state index contributed by atoms with van der Waals surface area (Å²) in [7, 11) is 0. The van der Waals surface area contributed by atoms with Crippen LogP contribution in [0.5, 0.6) is 5.75 Å². The fraction of sp³-hybridized carbons (Fsp3) is 0.0690. The molecule has 12 heteroatoms. The van der Waals surface area contributed by atoms with Gasteiger partial charge >= 0.3 is 6.11 Å². The Labute approximate surface area is 230 Å². The summed E-state index contributed by atoms with van der Waals surface area (Å²) in [6.45, 7) is 1.83. The van der Waals surface area contributed by atoms with Crippen molar-refractivity contribution in [1.82, 2.24) is 15.0 Å². The van der Waals surface area contributed by atoms with E-state index < -0.39 is 46.8 Å². The first-order valence-electron chi connectivity index (χ1n) is 11.8. The molecule has 4 nitrogen and oxygen atoms in total. The summed E-state index contributed by atoms with van der Waals surface area (Å²) >= 11 is 1.12. The molecule has 0 atom stereocenters. The van der Waals surface area contributed by atoms with E-state index in [1.807, 2.05) is 6.92 Å².